The molecule has 2 aromatic heterocycles. The third kappa shape index (κ3) is 7.34. The predicted molar refractivity (Wildman–Crippen MR) is 290 cm³/mol. The van der Waals surface area contributed by atoms with Crippen LogP contribution in [0, 0.1) is 0 Å². The lowest BCUT2D eigenvalue weighted by Gasteiger charge is -2.26. The van der Waals surface area contributed by atoms with Crippen LogP contribution in [0.1, 0.15) is 0 Å². The number of fused-ring (bicyclic) bond motifs is 6. The van der Waals surface area contributed by atoms with Crippen LogP contribution in [0.3, 0.4) is 0 Å². The molecule has 0 amide bonds. The molecule has 3 heteroatoms. The van der Waals surface area contributed by atoms with E-state index in [2.05, 4.69) is 264 Å². The number of aromatic nitrogens is 1. The van der Waals surface area contributed by atoms with Crippen molar-refractivity contribution < 1.29 is 4.42 Å². The van der Waals surface area contributed by atoms with Crippen molar-refractivity contribution in [2.75, 3.05) is 4.90 Å². The molecule has 324 valence electrons. The number of rotatable bonds is 9. The van der Waals surface area contributed by atoms with Crippen LogP contribution in [-0.2, 0) is 0 Å². The lowest BCUT2D eigenvalue weighted by Crippen LogP contribution is -2.09. The summed E-state index contributed by atoms with van der Waals surface area (Å²) in [7, 11) is 0. The molecule has 0 N–H and O–H groups in total. The monoisotopic (exact) mass is 880 g/mol. The van der Waals surface area contributed by atoms with E-state index in [9.17, 15) is 0 Å². The second-order valence-corrected chi connectivity index (χ2v) is 17.7. The molecule has 0 bridgehead atoms. The number of hydrogen-bond acceptors (Lipinski definition) is 2. The molecule has 3 nitrogen and oxygen atoms in total. The quantitative estimate of drug-likeness (QED) is 0.144. The van der Waals surface area contributed by atoms with Gasteiger partial charge in [-0.25, -0.2) is 0 Å². The standard InChI is InChI=1S/C66H44N2O/c1-4-14-45(15-5-1)47-28-34-57(35-29-47)67(55-16-6-2-7-17-55)58-36-30-48(31-37-58)46-24-26-49(27-25-46)52-40-53(42-54(41-52)51-33-39-66-62(44-51)60-21-11-13-23-65(60)69-66)50-32-38-64-61(43-50)59-20-10-12-22-63(59)68(64)56-18-8-3-9-19-56/h1-44H. The minimum Gasteiger partial charge on any atom is -0.456 e. The summed E-state index contributed by atoms with van der Waals surface area (Å²) in [5.74, 6) is 0. The van der Waals surface area contributed by atoms with Gasteiger partial charge >= 0.3 is 0 Å². The Labute approximate surface area is 401 Å². The molecule has 13 rings (SSSR count). The zero-order chi connectivity index (χ0) is 45.7. The van der Waals surface area contributed by atoms with Gasteiger partial charge in [0.15, 0.2) is 0 Å². The molecule has 0 spiro atoms. The van der Waals surface area contributed by atoms with Gasteiger partial charge in [0, 0.05) is 44.3 Å². The van der Waals surface area contributed by atoms with Crippen LogP contribution in [0.5, 0.6) is 0 Å². The molecule has 0 radical (unpaired) electrons. The van der Waals surface area contributed by atoms with Gasteiger partial charge in [0.05, 0.1) is 11.0 Å². The molecule has 69 heavy (non-hydrogen) atoms. The molecule has 13 aromatic rings. The van der Waals surface area contributed by atoms with E-state index in [0.717, 1.165) is 83.6 Å². The molecule has 0 saturated heterocycles. The highest BCUT2D eigenvalue weighted by Crippen LogP contribution is 2.41. The average molecular weight is 881 g/mol. The van der Waals surface area contributed by atoms with E-state index in [0.29, 0.717) is 0 Å². The highest BCUT2D eigenvalue weighted by molar-refractivity contribution is 6.11. The molecule has 0 aliphatic rings. The summed E-state index contributed by atoms with van der Waals surface area (Å²) < 4.78 is 8.63. The van der Waals surface area contributed by atoms with Gasteiger partial charge in [-0.15, -0.1) is 0 Å². The summed E-state index contributed by atoms with van der Waals surface area (Å²) in [6, 6.07) is 96.2. The number of benzene rings is 11. The number of nitrogens with zero attached hydrogens (tertiary/aromatic N) is 2. The maximum absolute atomic E-state index is 6.26. The maximum Gasteiger partial charge on any atom is 0.135 e. The minimum atomic E-state index is 0.894. The number of para-hydroxylation sites is 4. The second-order valence-electron chi connectivity index (χ2n) is 17.7. The number of hydrogen-bond donors (Lipinski definition) is 0. The smallest absolute Gasteiger partial charge is 0.135 e. The third-order valence-corrected chi connectivity index (χ3v) is 13.6. The first-order chi connectivity index (χ1) is 34.2. The van der Waals surface area contributed by atoms with Crippen molar-refractivity contribution in [1.82, 2.24) is 4.57 Å². The topological polar surface area (TPSA) is 21.3 Å². The van der Waals surface area contributed by atoms with Gasteiger partial charge in [-0.2, -0.15) is 0 Å². The first-order valence-corrected chi connectivity index (χ1v) is 23.6. The van der Waals surface area contributed by atoms with Gasteiger partial charge in [0.25, 0.3) is 0 Å². The van der Waals surface area contributed by atoms with Crippen molar-refractivity contribution >= 4 is 60.8 Å². The summed E-state index contributed by atoms with van der Waals surface area (Å²) in [4.78, 5) is 2.32. The van der Waals surface area contributed by atoms with Gasteiger partial charge in [0.2, 0.25) is 0 Å². The Hall–Kier alpha value is -9.18. The molecule has 0 aliphatic heterocycles. The molecule has 11 aromatic carbocycles. The second kappa shape index (κ2) is 16.9. The van der Waals surface area contributed by atoms with E-state index in [1.807, 2.05) is 12.1 Å². The zero-order valence-corrected chi connectivity index (χ0v) is 37.7. The van der Waals surface area contributed by atoms with Crippen LogP contribution in [-0.4, -0.2) is 4.57 Å². The highest BCUT2D eigenvalue weighted by Gasteiger charge is 2.17. The van der Waals surface area contributed by atoms with E-state index in [-0.39, 0.29) is 0 Å². The molecule has 0 atom stereocenters. The fraction of sp³-hybridized carbons (Fsp3) is 0. The van der Waals surface area contributed by atoms with Gasteiger partial charge in [-0.1, -0.05) is 164 Å². The molecule has 0 saturated carbocycles. The Morgan fingerprint density at radius 3 is 1.29 bits per heavy atom. The number of anilines is 3. The molecule has 0 aliphatic carbocycles. The van der Waals surface area contributed by atoms with Crippen LogP contribution >= 0.6 is 0 Å². The maximum atomic E-state index is 6.26. The Morgan fingerprint density at radius 1 is 0.246 bits per heavy atom. The van der Waals surface area contributed by atoms with Crippen molar-refractivity contribution in [2.45, 2.75) is 0 Å². The summed E-state index contributed by atoms with van der Waals surface area (Å²) in [5.41, 5.74) is 20.3. The summed E-state index contributed by atoms with van der Waals surface area (Å²) in [6.07, 6.45) is 0. The van der Waals surface area contributed by atoms with Crippen molar-refractivity contribution in [3.05, 3.63) is 267 Å². The fourth-order valence-corrected chi connectivity index (χ4v) is 10.2. The number of furan rings is 1. The van der Waals surface area contributed by atoms with Crippen LogP contribution in [0.2, 0.25) is 0 Å². The Balaban J connectivity index is 0.876. The molecule has 2 heterocycles. The van der Waals surface area contributed by atoms with Crippen molar-refractivity contribution in [3.8, 4) is 61.3 Å². The van der Waals surface area contributed by atoms with Gasteiger partial charge < -0.3 is 13.9 Å². The zero-order valence-electron chi connectivity index (χ0n) is 37.7. The van der Waals surface area contributed by atoms with Gasteiger partial charge in [-0.3, -0.25) is 0 Å². The van der Waals surface area contributed by atoms with E-state index in [4.69, 9.17) is 4.42 Å². The lowest BCUT2D eigenvalue weighted by atomic mass is 9.91. The average Bonchev–Trinajstić information content (AvgIpc) is 3.97. The van der Waals surface area contributed by atoms with E-state index in [1.165, 1.54) is 38.5 Å². The molecule has 0 unspecified atom stereocenters. The molecule has 0 fully saturated rings. The SMILES string of the molecule is c1ccc(-c2ccc(N(c3ccccc3)c3ccc(-c4ccc(-c5cc(-c6ccc7oc8ccccc8c7c6)cc(-c6ccc7c(c6)c6ccccc6n7-c6ccccc6)c5)cc4)cc3)cc2)cc1. The van der Waals surface area contributed by atoms with Gasteiger partial charge in [0.1, 0.15) is 11.2 Å². The van der Waals surface area contributed by atoms with Crippen LogP contribution < -0.4 is 4.90 Å². The van der Waals surface area contributed by atoms with Gasteiger partial charge in [-0.05, 0) is 159 Å². The molecular formula is C66H44N2O. The van der Waals surface area contributed by atoms with E-state index < -0.39 is 0 Å². The van der Waals surface area contributed by atoms with Crippen molar-refractivity contribution in [1.29, 1.82) is 0 Å². The summed E-state index contributed by atoms with van der Waals surface area (Å²) in [6.45, 7) is 0. The largest absolute Gasteiger partial charge is 0.456 e. The minimum absolute atomic E-state index is 0.894. The lowest BCUT2D eigenvalue weighted by molar-refractivity contribution is 0.669. The third-order valence-electron chi connectivity index (χ3n) is 13.6. The summed E-state index contributed by atoms with van der Waals surface area (Å²) >= 11 is 0. The Morgan fingerprint density at radius 2 is 0.652 bits per heavy atom. The Bertz CT molecular complexity index is 3960. The summed E-state index contributed by atoms with van der Waals surface area (Å²) in [5, 5.41) is 4.71. The fourth-order valence-electron chi connectivity index (χ4n) is 10.2. The van der Waals surface area contributed by atoms with Crippen molar-refractivity contribution in [2.24, 2.45) is 0 Å². The van der Waals surface area contributed by atoms with E-state index in [1.54, 1.807) is 0 Å². The van der Waals surface area contributed by atoms with Crippen LogP contribution in [0.4, 0.5) is 17.1 Å². The van der Waals surface area contributed by atoms with Crippen molar-refractivity contribution in [3.63, 3.8) is 0 Å². The highest BCUT2D eigenvalue weighted by atomic mass is 16.3. The predicted octanol–water partition coefficient (Wildman–Crippen LogP) is 18.5. The molecular weight excluding hydrogens is 837 g/mol. The first-order valence-electron chi connectivity index (χ1n) is 23.6. The normalized spacial score (nSPS) is 11.5. The Kier molecular flexibility index (Phi) is 9.84. The van der Waals surface area contributed by atoms with Crippen LogP contribution in [0.25, 0.3) is 105 Å². The van der Waals surface area contributed by atoms with E-state index >= 15 is 0 Å². The first kappa shape index (κ1) is 40.1. The van der Waals surface area contributed by atoms with Crippen LogP contribution in [0.15, 0.2) is 271 Å².